The van der Waals surface area contributed by atoms with Gasteiger partial charge in [0.1, 0.15) is 5.01 Å². The predicted octanol–water partition coefficient (Wildman–Crippen LogP) is 4.28. The van der Waals surface area contributed by atoms with Gasteiger partial charge in [0, 0.05) is 24.0 Å². The highest BCUT2D eigenvalue weighted by molar-refractivity contribution is 7.09. The quantitative estimate of drug-likeness (QED) is 0.910. The Labute approximate surface area is 141 Å². The first-order valence-corrected chi connectivity index (χ1v) is 9.12. The molecule has 0 unspecified atom stereocenters. The van der Waals surface area contributed by atoms with Gasteiger partial charge < -0.3 is 10.2 Å². The van der Waals surface area contributed by atoms with Gasteiger partial charge in [0.05, 0.1) is 12.2 Å². The third kappa shape index (κ3) is 4.10. The van der Waals surface area contributed by atoms with Crippen molar-refractivity contribution in [1.29, 1.82) is 0 Å². The molecule has 0 atom stereocenters. The maximum atomic E-state index is 12.3. The van der Waals surface area contributed by atoms with Crippen LogP contribution in [-0.4, -0.2) is 29.0 Å². The van der Waals surface area contributed by atoms with E-state index in [2.05, 4.69) is 10.3 Å². The number of hydrogen-bond acceptors (Lipinski definition) is 3. The molecule has 5 heteroatoms. The van der Waals surface area contributed by atoms with Crippen molar-refractivity contribution >= 4 is 17.4 Å². The first kappa shape index (κ1) is 16.0. The zero-order valence-corrected chi connectivity index (χ0v) is 14.3. The minimum absolute atomic E-state index is 0.00774. The van der Waals surface area contributed by atoms with Crippen LogP contribution in [0.25, 0.3) is 11.3 Å². The number of aromatic nitrogens is 1. The maximum absolute atomic E-state index is 12.3. The minimum atomic E-state index is 0.00774. The Balaban J connectivity index is 1.54. The molecule has 0 radical (unpaired) electrons. The fourth-order valence-corrected chi connectivity index (χ4v) is 3.79. The van der Waals surface area contributed by atoms with Gasteiger partial charge in [-0.05, 0) is 12.8 Å². The first-order chi connectivity index (χ1) is 11.2. The van der Waals surface area contributed by atoms with Crippen molar-refractivity contribution in [3.63, 3.8) is 0 Å². The Hall–Kier alpha value is -1.88. The van der Waals surface area contributed by atoms with Crippen molar-refractivity contribution in [3.05, 3.63) is 40.7 Å². The smallest absolute Gasteiger partial charge is 0.317 e. The Morgan fingerprint density at radius 2 is 2.00 bits per heavy atom. The number of nitrogens with one attached hydrogen (secondary N) is 1. The van der Waals surface area contributed by atoms with E-state index in [-0.39, 0.29) is 6.03 Å². The van der Waals surface area contributed by atoms with Gasteiger partial charge in [-0.2, -0.15) is 0 Å². The average Bonchev–Trinajstić information content (AvgIpc) is 3.09. The second-order valence-electron chi connectivity index (χ2n) is 6.05. The number of carbonyl (C=O) groups excluding carboxylic acids is 1. The van der Waals surface area contributed by atoms with Gasteiger partial charge in [-0.3, -0.25) is 0 Å². The Morgan fingerprint density at radius 1 is 1.26 bits per heavy atom. The molecule has 0 spiro atoms. The molecule has 1 aromatic carbocycles. The van der Waals surface area contributed by atoms with Gasteiger partial charge in [0.25, 0.3) is 0 Å². The molecule has 1 fully saturated rings. The molecule has 122 valence electrons. The lowest BCUT2D eigenvalue weighted by molar-refractivity contribution is 0.173. The average molecular weight is 329 g/mol. The summed E-state index contributed by atoms with van der Waals surface area (Å²) >= 11 is 1.59. The Kier molecular flexibility index (Phi) is 5.28. The van der Waals surface area contributed by atoms with E-state index >= 15 is 0 Å². The summed E-state index contributed by atoms with van der Waals surface area (Å²) in [5.41, 5.74) is 2.08. The topological polar surface area (TPSA) is 45.2 Å². The predicted molar refractivity (Wildman–Crippen MR) is 94.4 cm³/mol. The number of hydrogen-bond donors (Lipinski definition) is 1. The van der Waals surface area contributed by atoms with Crippen LogP contribution < -0.4 is 5.32 Å². The van der Waals surface area contributed by atoms with Gasteiger partial charge in [-0.15, -0.1) is 11.3 Å². The number of carbonyl (C=O) groups is 1. The molecule has 1 aromatic heterocycles. The lowest BCUT2D eigenvalue weighted by atomic mass is 9.95. The van der Waals surface area contributed by atoms with Gasteiger partial charge in [0.15, 0.2) is 0 Å². The van der Waals surface area contributed by atoms with E-state index in [0.29, 0.717) is 12.6 Å². The second-order valence-corrected chi connectivity index (χ2v) is 7.00. The van der Waals surface area contributed by atoms with Gasteiger partial charge in [0.2, 0.25) is 0 Å². The molecule has 0 aliphatic heterocycles. The van der Waals surface area contributed by atoms with E-state index in [4.69, 9.17) is 0 Å². The van der Waals surface area contributed by atoms with Crippen molar-refractivity contribution in [3.8, 4) is 11.3 Å². The number of amides is 2. The van der Waals surface area contributed by atoms with E-state index in [0.717, 1.165) is 29.1 Å². The molecule has 0 saturated heterocycles. The van der Waals surface area contributed by atoms with Crippen LogP contribution in [0, 0.1) is 0 Å². The van der Waals surface area contributed by atoms with Crippen molar-refractivity contribution in [1.82, 2.24) is 15.2 Å². The summed E-state index contributed by atoms with van der Waals surface area (Å²) in [5.74, 6) is 0. The standard InChI is InChI=1S/C18H23N3OS/c1-21(15-10-6-3-7-11-15)18(22)19-12-17-20-16(13-23-17)14-8-4-2-5-9-14/h2,4-5,8-9,13,15H,3,6-7,10-12H2,1H3,(H,19,22). The van der Waals surface area contributed by atoms with E-state index in [1.807, 2.05) is 47.7 Å². The molecular formula is C18H23N3OS. The fraction of sp³-hybridized carbons (Fsp3) is 0.444. The summed E-state index contributed by atoms with van der Waals surface area (Å²) in [4.78, 5) is 18.8. The number of thiazole rings is 1. The summed E-state index contributed by atoms with van der Waals surface area (Å²) in [7, 11) is 1.91. The fourth-order valence-electron chi connectivity index (χ4n) is 3.04. The van der Waals surface area contributed by atoms with Crippen LogP contribution in [0.15, 0.2) is 35.7 Å². The third-order valence-electron chi connectivity index (χ3n) is 4.45. The number of urea groups is 1. The molecule has 4 nitrogen and oxygen atoms in total. The highest BCUT2D eigenvalue weighted by atomic mass is 32.1. The molecule has 1 aliphatic rings. The van der Waals surface area contributed by atoms with Gasteiger partial charge >= 0.3 is 6.03 Å². The van der Waals surface area contributed by atoms with Crippen LogP contribution in [0.1, 0.15) is 37.1 Å². The first-order valence-electron chi connectivity index (χ1n) is 8.24. The van der Waals surface area contributed by atoms with Crippen molar-refractivity contribution in [2.24, 2.45) is 0 Å². The van der Waals surface area contributed by atoms with Crippen LogP contribution >= 0.6 is 11.3 Å². The minimum Gasteiger partial charge on any atom is -0.331 e. The lowest BCUT2D eigenvalue weighted by Gasteiger charge is -2.31. The third-order valence-corrected chi connectivity index (χ3v) is 5.30. The molecule has 0 bridgehead atoms. The normalized spacial score (nSPS) is 15.3. The summed E-state index contributed by atoms with van der Waals surface area (Å²) in [5, 5.41) is 5.98. The number of benzene rings is 1. The molecule has 23 heavy (non-hydrogen) atoms. The highest BCUT2D eigenvalue weighted by Crippen LogP contribution is 2.23. The van der Waals surface area contributed by atoms with E-state index < -0.39 is 0 Å². The van der Waals surface area contributed by atoms with Crippen LogP contribution in [0.4, 0.5) is 4.79 Å². The molecule has 1 aliphatic carbocycles. The van der Waals surface area contributed by atoms with Crippen molar-refractivity contribution < 1.29 is 4.79 Å². The number of nitrogens with zero attached hydrogens (tertiary/aromatic N) is 2. The van der Waals surface area contributed by atoms with Crippen LogP contribution in [0.5, 0.6) is 0 Å². The zero-order chi connectivity index (χ0) is 16.1. The molecule has 1 saturated carbocycles. The van der Waals surface area contributed by atoms with Crippen LogP contribution in [-0.2, 0) is 6.54 Å². The molecule has 2 amide bonds. The summed E-state index contributed by atoms with van der Waals surface area (Å²) in [6.07, 6.45) is 6.01. The lowest BCUT2D eigenvalue weighted by Crippen LogP contribution is -2.44. The molecule has 2 aromatic rings. The van der Waals surface area contributed by atoms with E-state index in [9.17, 15) is 4.79 Å². The summed E-state index contributed by atoms with van der Waals surface area (Å²) in [6.45, 7) is 0.493. The molecule has 1 heterocycles. The SMILES string of the molecule is CN(C(=O)NCc1nc(-c2ccccc2)cs1)C1CCCCC1. The van der Waals surface area contributed by atoms with Crippen molar-refractivity contribution in [2.45, 2.75) is 44.7 Å². The van der Waals surface area contributed by atoms with Gasteiger partial charge in [-0.1, -0.05) is 49.6 Å². The largest absolute Gasteiger partial charge is 0.331 e. The Morgan fingerprint density at radius 3 is 2.74 bits per heavy atom. The monoisotopic (exact) mass is 329 g/mol. The van der Waals surface area contributed by atoms with E-state index in [1.54, 1.807) is 11.3 Å². The zero-order valence-electron chi connectivity index (χ0n) is 13.5. The van der Waals surface area contributed by atoms with Crippen LogP contribution in [0.3, 0.4) is 0 Å². The van der Waals surface area contributed by atoms with Crippen molar-refractivity contribution in [2.75, 3.05) is 7.05 Å². The summed E-state index contributed by atoms with van der Waals surface area (Å²) < 4.78 is 0. The molecule has 3 rings (SSSR count). The van der Waals surface area contributed by atoms with Crippen LogP contribution in [0.2, 0.25) is 0 Å². The second kappa shape index (κ2) is 7.59. The van der Waals surface area contributed by atoms with Gasteiger partial charge in [-0.25, -0.2) is 9.78 Å². The van der Waals surface area contributed by atoms with E-state index in [1.165, 1.54) is 19.3 Å². The molecule has 1 N–H and O–H groups in total. The summed E-state index contributed by atoms with van der Waals surface area (Å²) in [6, 6.07) is 10.5. The number of rotatable bonds is 4. The highest BCUT2D eigenvalue weighted by Gasteiger charge is 2.21. The molecular weight excluding hydrogens is 306 g/mol. The maximum Gasteiger partial charge on any atom is 0.317 e. The Bertz CT molecular complexity index is 635.